The van der Waals surface area contributed by atoms with Gasteiger partial charge in [0.25, 0.3) is 0 Å². The van der Waals surface area contributed by atoms with Gasteiger partial charge in [-0.15, -0.1) is 0 Å². The van der Waals surface area contributed by atoms with Gasteiger partial charge in [-0.2, -0.15) is 0 Å². The maximum Gasteiger partial charge on any atom is 0.115 e. The van der Waals surface area contributed by atoms with Crippen LogP contribution in [0.3, 0.4) is 0 Å². The van der Waals surface area contributed by atoms with Crippen molar-refractivity contribution in [1.82, 2.24) is 5.32 Å². The van der Waals surface area contributed by atoms with Crippen LogP contribution in [0.2, 0.25) is 0 Å². The minimum atomic E-state index is 0.415. The average Bonchev–Trinajstić information content (AvgIpc) is 3.32. The van der Waals surface area contributed by atoms with E-state index in [-0.39, 0.29) is 0 Å². The lowest BCUT2D eigenvalue weighted by Gasteiger charge is -2.28. The number of hydrogen-bond acceptors (Lipinski definition) is 2. The molecule has 1 unspecified atom stereocenters. The lowest BCUT2D eigenvalue weighted by molar-refractivity contribution is 0.341. The zero-order valence-electron chi connectivity index (χ0n) is 12.1. The Balaban J connectivity index is 1.44. The molecule has 0 aliphatic heterocycles. The SMILES string of the molecule is Oc1ccc2c(c1)CCCC2NCC(C1CC1)C1CC1. The molecule has 2 saturated carbocycles. The normalized spacial score (nSPS) is 25.8. The Morgan fingerprint density at radius 1 is 1.10 bits per heavy atom. The van der Waals surface area contributed by atoms with Crippen LogP contribution in [-0.2, 0) is 6.42 Å². The van der Waals surface area contributed by atoms with Crippen molar-refractivity contribution in [2.45, 2.75) is 51.0 Å². The van der Waals surface area contributed by atoms with Crippen LogP contribution in [0.4, 0.5) is 0 Å². The van der Waals surface area contributed by atoms with Crippen LogP contribution in [-0.4, -0.2) is 11.7 Å². The van der Waals surface area contributed by atoms with Crippen LogP contribution in [0.5, 0.6) is 5.75 Å². The van der Waals surface area contributed by atoms with E-state index in [1.165, 1.54) is 56.2 Å². The van der Waals surface area contributed by atoms with E-state index >= 15 is 0 Å². The Kier molecular flexibility index (Phi) is 3.22. The molecule has 1 aromatic carbocycles. The molecule has 20 heavy (non-hydrogen) atoms. The topological polar surface area (TPSA) is 32.3 Å². The van der Waals surface area contributed by atoms with Gasteiger partial charge in [0, 0.05) is 6.04 Å². The fourth-order valence-corrected chi connectivity index (χ4v) is 4.06. The van der Waals surface area contributed by atoms with Crippen molar-refractivity contribution in [3.63, 3.8) is 0 Å². The van der Waals surface area contributed by atoms with E-state index in [4.69, 9.17) is 0 Å². The summed E-state index contributed by atoms with van der Waals surface area (Å²) in [4.78, 5) is 0. The molecule has 0 amide bonds. The van der Waals surface area contributed by atoms with Crippen LogP contribution in [0.1, 0.15) is 55.7 Å². The molecular weight excluding hydrogens is 246 g/mol. The minimum absolute atomic E-state index is 0.415. The molecule has 0 saturated heterocycles. The third-order valence-corrected chi connectivity index (χ3v) is 5.50. The van der Waals surface area contributed by atoms with Gasteiger partial charge in [-0.1, -0.05) is 6.07 Å². The first kappa shape index (κ1) is 12.7. The lowest BCUT2D eigenvalue weighted by Crippen LogP contribution is -2.31. The maximum atomic E-state index is 9.63. The van der Waals surface area contributed by atoms with Crippen molar-refractivity contribution >= 4 is 0 Å². The van der Waals surface area contributed by atoms with Gasteiger partial charge in [-0.05, 0) is 92.5 Å². The van der Waals surface area contributed by atoms with Gasteiger partial charge in [-0.25, -0.2) is 0 Å². The van der Waals surface area contributed by atoms with E-state index in [9.17, 15) is 5.11 Å². The number of benzene rings is 1. The second-order valence-electron chi connectivity index (χ2n) is 7.07. The Labute approximate surface area is 121 Å². The first-order chi connectivity index (χ1) is 9.81. The molecule has 108 valence electrons. The predicted octanol–water partition coefficient (Wildman–Crippen LogP) is 3.80. The monoisotopic (exact) mass is 271 g/mol. The molecule has 0 aromatic heterocycles. The van der Waals surface area contributed by atoms with Gasteiger partial charge in [-0.3, -0.25) is 0 Å². The summed E-state index contributed by atoms with van der Waals surface area (Å²) in [5.41, 5.74) is 2.78. The molecule has 2 nitrogen and oxygen atoms in total. The smallest absolute Gasteiger partial charge is 0.115 e. The standard InChI is InChI=1S/C18H25NO/c20-15-8-9-16-14(10-15)2-1-3-18(16)19-11-17(12-4-5-12)13-6-7-13/h8-10,12-13,17-20H,1-7,11H2. The van der Waals surface area contributed by atoms with Crippen molar-refractivity contribution in [3.8, 4) is 5.75 Å². The molecule has 0 radical (unpaired) electrons. The van der Waals surface area contributed by atoms with Gasteiger partial charge >= 0.3 is 0 Å². The molecule has 0 spiro atoms. The van der Waals surface area contributed by atoms with Crippen molar-refractivity contribution in [2.75, 3.05) is 6.54 Å². The highest BCUT2D eigenvalue weighted by Gasteiger charge is 2.41. The molecule has 0 bridgehead atoms. The summed E-state index contributed by atoms with van der Waals surface area (Å²) >= 11 is 0. The van der Waals surface area contributed by atoms with Gasteiger partial charge in [0.2, 0.25) is 0 Å². The first-order valence-corrected chi connectivity index (χ1v) is 8.36. The summed E-state index contributed by atoms with van der Waals surface area (Å²) in [5, 5.41) is 13.5. The fraction of sp³-hybridized carbons (Fsp3) is 0.667. The Bertz CT molecular complexity index is 478. The number of nitrogens with one attached hydrogen (secondary N) is 1. The maximum absolute atomic E-state index is 9.63. The number of aryl methyl sites for hydroxylation is 1. The largest absolute Gasteiger partial charge is 0.508 e. The van der Waals surface area contributed by atoms with E-state index in [0.717, 1.165) is 24.2 Å². The molecule has 3 aliphatic rings. The Hall–Kier alpha value is -1.02. The van der Waals surface area contributed by atoms with Crippen LogP contribution < -0.4 is 5.32 Å². The molecule has 4 rings (SSSR count). The fourth-order valence-electron chi connectivity index (χ4n) is 4.06. The molecule has 3 aliphatic carbocycles. The molecule has 0 heterocycles. The summed E-state index contributed by atoms with van der Waals surface area (Å²) in [6.45, 7) is 1.21. The van der Waals surface area contributed by atoms with Crippen LogP contribution in [0, 0.1) is 17.8 Å². The van der Waals surface area contributed by atoms with Crippen molar-refractivity contribution < 1.29 is 5.11 Å². The molecule has 2 fully saturated rings. The second kappa shape index (κ2) is 5.07. The Morgan fingerprint density at radius 3 is 2.55 bits per heavy atom. The highest BCUT2D eigenvalue weighted by molar-refractivity contribution is 5.38. The second-order valence-corrected chi connectivity index (χ2v) is 7.07. The van der Waals surface area contributed by atoms with Gasteiger partial charge in [0.15, 0.2) is 0 Å². The third-order valence-electron chi connectivity index (χ3n) is 5.50. The van der Waals surface area contributed by atoms with Gasteiger partial charge in [0.1, 0.15) is 5.75 Å². The first-order valence-electron chi connectivity index (χ1n) is 8.36. The van der Waals surface area contributed by atoms with E-state index in [0.29, 0.717) is 11.8 Å². The zero-order valence-corrected chi connectivity index (χ0v) is 12.1. The molecule has 1 atom stereocenters. The third kappa shape index (κ3) is 2.58. The molecular formula is C18H25NO. The van der Waals surface area contributed by atoms with E-state index < -0.39 is 0 Å². The number of hydrogen-bond donors (Lipinski definition) is 2. The van der Waals surface area contributed by atoms with Gasteiger partial charge in [0.05, 0.1) is 0 Å². The average molecular weight is 271 g/mol. The highest BCUT2D eigenvalue weighted by atomic mass is 16.3. The summed E-state index contributed by atoms with van der Waals surface area (Å²) in [6, 6.07) is 6.45. The zero-order chi connectivity index (χ0) is 13.5. The highest BCUT2D eigenvalue weighted by Crippen LogP contribution is 2.49. The van der Waals surface area contributed by atoms with Crippen molar-refractivity contribution in [3.05, 3.63) is 29.3 Å². The number of rotatable bonds is 5. The Morgan fingerprint density at radius 2 is 1.85 bits per heavy atom. The van der Waals surface area contributed by atoms with Crippen LogP contribution >= 0.6 is 0 Å². The van der Waals surface area contributed by atoms with Crippen molar-refractivity contribution in [1.29, 1.82) is 0 Å². The quantitative estimate of drug-likeness (QED) is 0.854. The van der Waals surface area contributed by atoms with E-state index in [1.54, 1.807) is 0 Å². The lowest BCUT2D eigenvalue weighted by atomic mass is 9.87. The van der Waals surface area contributed by atoms with E-state index in [1.807, 2.05) is 12.1 Å². The van der Waals surface area contributed by atoms with Crippen molar-refractivity contribution in [2.24, 2.45) is 17.8 Å². The molecule has 2 N–H and O–H groups in total. The number of phenols is 1. The number of aromatic hydroxyl groups is 1. The number of fused-ring (bicyclic) bond motifs is 1. The van der Waals surface area contributed by atoms with Gasteiger partial charge < -0.3 is 10.4 Å². The molecule has 1 aromatic rings. The van der Waals surface area contributed by atoms with Crippen LogP contribution in [0.25, 0.3) is 0 Å². The summed E-state index contributed by atoms with van der Waals surface area (Å²) < 4.78 is 0. The summed E-state index contributed by atoms with van der Waals surface area (Å²) in [5.74, 6) is 3.41. The summed E-state index contributed by atoms with van der Waals surface area (Å²) in [7, 11) is 0. The number of phenolic OH excluding ortho intramolecular Hbond substituents is 1. The van der Waals surface area contributed by atoms with Crippen LogP contribution in [0.15, 0.2) is 18.2 Å². The predicted molar refractivity (Wildman–Crippen MR) is 80.7 cm³/mol. The van der Waals surface area contributed by atoms with E-state index in [2.05, 4.69) is 11.4 Å². The summed E-state index contributed by atoms with van der Waals surface area (Å²) in [6.07, 6.45) is 9.49. The minimum Gasteiger partial charge on any atom is -0.508 e. The molecule has 2 heteroatoms.